The van der Waals surface area contributed by atoms with Crippen LogP contribution in [0.1, 0.15) is 6.92 Å². The van der Waals surface area contributed by atoms with Crippen molar-refractivity contribution in [3.63, 3.8) is 0 Å². The molecule has 0 spiro atoms. The third-order valence-electron chi connectivity index (χ3n) is 2.16. The van der Waals surface area contributed by atoms with Gasteiger partial charge in [0.2, 0.25) is 5.91 Å². The number of nitrogens with one attached hydrogen (secondary N) is 1. The number of phenols is 1. The average molecular weight is 269 g/mol. The molecule has 6 heteroatoms. The summed E-state index contributed by atoms with van der Waals surface area (Å²) >= 11 is 1.20. The van der Waals surface area contributed by atoms with Crippen LogP contribution in [0.5, 0.6) is 5.75 Å². The summed E-state index contributed by atoms with van der Waals surface area (Å²) in [5, 5.41) is 12.0. The number of phenolic OH excluding ortho intramolecular Hbond substituents is 1. The third kappa shape index (κ3) is 4.29. The minimum absolute atomic E-state index is 0.124. The molecule has 1 atom stereocenters. The molecule has 0 saturated carbocycles. The molecular weight excluding hydrogens is 254 g/mol. The van der Waals surface area contributed by atoms with Gasteiger partial charge < -0.3 is 15.2 Å². The van der Waals surface area contributed by atoms with E-state index in [1.54, 1.807) is 31.2 Å². The van der Waals surface area contributed by atoms with E-state index in [9.17, 15) is 14.7 Å². The maximum absolute atomic E-state index is 11.5. The van der Waals surface area contributed by atoms with Crippen molar-refractivity contribution in [2.24, 2.45) is 0 Å². The first-order valence-electron chi connectivity index (χ1n) is 5.32. The van der Waals surface area contributed by atoms with Gasteiger partial charge in [0.1, 0.15) is 11.8 Å². The lowest BCUT2D eigenvalue weighted by Gasteiger charge is -2.11. The Bertz CT molecular complexity index is 436. The Morgan fingerprint density at radius 2 is 2.11 bits per heavy atom. The molecule has 0 saturated heterocycles. The second kappa shape index (κ2) is 6.90. The number of carbonyl (C=O) groups excluding carboxylic acids is 2. The van der Waals surface area contributed by atoms with Gasteiger partial charge in [-0.2, -0.15) is 0 Å². The topological polar surface area (TPSA) is 75.6 Å². The standard InChI is InChI=1S/C12H15NO4S/c1-8(12(16)17-2)13-11(15)7-18-10-6-4-3-5-9(10)14/h3-6,8,14H,7H2,1-2H3,(H,13,15). The van der Waals surface area contributed by atoms with Crippen LogP contribution in [-0.4, -0.2) is 35.9 Å². The molecule has 0 aliphatic rings. The first kappa shape index (κ1) is 14.4. The first-order valence-corrected chi connectivity index (χ1v) is 6.31. The molecule has 0 aromatic heterocycles. The summed E-state index contributed by atoms with van der Waals surface area (Å²) in [6.07, 6.45) is 0. The van der Waals surface area contributed by atoms with E-state index in [-0.39, 0.29) is 17.4 Å². The van der Waals surface area contributed by atoms with Crippen molar-refractivity contribution in [3.8, 4) is 5.75 Å². The van der Waals surface area contributed by atoms with Gasteiger partial charge in [0.25, 0.3) is 0 Å². The first-order chi connectivity index (χ1) is 8.54. The van der Waals surface area contributed by atoms with Gasteiger partial charge in [0.05, 0.1) is 12.9 Å². The fraction of sp³-hybridized carbons (Fsp3) is 0.333. The van der Waals surface area contributed by atoms with Crippen molar-refractivity contribution < 1.29 is 19.4 Å². The normalized spacial score (nSPS) is 11.7. The van der Waals surface area contributed by atoms with Crippen LogP contribution in [-0.2, 0) is 14.3 Å². The van der Waals surface area contributed by atoms with Crippen LogP contribution in [0.15, 0.2) is 29.2 Å². The van der Waals surface area contributed by atoms with Crippen molar-refractivity contribution in [1.29, 1.82) is 0 Å². The number of benzene rings is 1. The molecule has 0 aliphatic heterocycles. The molecule has 0 heterocycles. The summed E-state index contributed by atoms with van der Waals surface area (Å²) in [5.74, 6) is -0.521. The zero-order valence-corrected chi connectivity index (χ0v) is 11.0. The second-order valence-corrected chi connectivity index (χ2v) is 4.59. The number of hydrogen-bond acceptors (Lipinski definition) is 5. The molecule has 1 aromatic carbocycles. The Morgan fingerprint density at radius 3 is 2.72 bits per heavy atom. The highest BCUT2D eigenvalue weighted by atomic mass is 32.2. The molecule has 0 radical (unpaired) electrons. The predicted octanol–water partition coefficient (Wildman–Crippen LogP) is 1.16. The number of ether oxygens (including phenoxy) is 1. The number of esters is 1. The summed E-state index contributed by atoms with van der Waals surface area (Å²) in [7, 11) is 1.27. The van der Waals surface area contributed by atoms with Crippen LogP contribution < -0.4 is 5.32 Å². The largest absolute Gasteiger partial charge is 0.507 e. The minimum atomic E-state index is -0.674. The summed E-state index contributed by atoms with van der Waals surface area (Å²) < 4.78 is 4.49. The highest BCUT2D eigenvalue weighted by molar-refractivity contribution is 8.00. The van der Waals surface area contributed by atoms with Gasteiger partial charge in [0.15, 0.2) is 0 Å². The van der Waals surface area contributed by atoms with Crippen LogP contribution in [0.3, 0.4) is 0 Å². The molecule has 98 valence electrons. The van der Waals surface area contributed by atoms with E-state index in [1.165, 1.54) is 18.9 Å². The van der Waals surface area contributed by atoms with Crippen molar-refractivity contribution in [2.75, 3.05) is 12.9 Å². The lowest BCUT2D eigenvalue weighted by atomic mass is 10.3. The van der Waals surface area contributed by atoms with Crippen LogP contribution in [0, 0.1) is 0 Å². The van der Waals surface area contributed by atoms with Crippen molar-refractivity contribution in [3.05, 3.63) is 24.3 Å². The van der Waals surface area contributed by atoms with E-state index in [2.05, 4.69) is 10.1 Å². The van der Waals surface area contributed by atoms with E-state index in [4.69, 9.17) is 0 Å². The number of aromatic hydroxyl groups is 1. The number of hydrogen-bond donors (Lipinski definition) is 2. The molecule has 1 aromatic rings. The van der Waals surface area contributed by atoms with Crippen LogP contribution in [0.25, 0.3) is 0 Å². The maximum Gasteiger partial charge on any atom is 0.328 e. The van der Waals surface area contributed by atoms with Gasteiger partial charge in [-0.3, -0.25) is 4.79 Å². The van der Waals surface area contributed by atoms with Gasteiger partial charge >= 0.3 is 5.97 Å². The number of thioether (sulfide) groups is 1. The van der Waals surface area contributed by atoms with Gasteiger partial charge in [-0.15, -0.1) is 11.8 Å². The summed E-state index contributed by atoms with van der Waals surface area (Å²) in [4.78, 5) is 23.3. The Morgan fingerprint density at radius 1 is 1.44 bits per heavy atom. The summed E-state index contributed by atoms with van der Waals surface area (Å²) in [6, 6.07) is 6.08. The fourth-order valence-corrected chi connectivity index (χ4v) is 2.00. The van der Waals surface area contributed by atoms with Crippen molar-refractivity contribution in [1.82, 2.24) is 5.32 Å². The van der Waals surface area contributed by atoms with E-state index >= 15 is 0 Å². The molecular formula is C12H15NO4S. The molecule has 0 bridgehead atoms. The predicted molar refractivity (Wildman–Crippen MR) is 68.5 cm³/mol. The summed E-state index contributed by atoms with van der Waals surface area (Å²) in [5.41, 5.74) is 0. The molecule has 0 aliphatic carbocycles. The zero-order chi connectivity index (χ0) is 13.5. The number of amides is 1. The lowest BCUT2D eigenvalue weighted by molar-refractivity contribution is -0.144. The number of rotatable bonds is 5. The van der Waals surface area contributed by atoms with E-state index in [0.717, 1.165) is 0 Å². The highest BCUT2D eigenvalue weighted by Crippen LogP contribution is 2.27. The Balaban J connectivity index is 2.43. The lowest BCUT2D eigenvalue weighted by Crippen LogP contribution is -2.40. The second-order valence-electron chi connectivity index (χ2n) is 3.57. The monoisotopic (exact) mass is 269 g/mol. The van der Waals surface area contributed by atoms with Crippen molar-refractivity contribution >= 4 is 23.6 Å². The van der Waals surface area contributed by atoms with Gasteiger partial charge in [0, 0.05) is 4.90 Å². The molecule has 1 unspecified atom stereocenters. The van der Waals surface area contributed by atoms with Crippen LogP contribution in [0.4, 0.5) is 0 Å². The number of carbonyl (C=O) groups is 2. The van der Waals surface area contributed by atoms with Gasteiger partial charge in [-0.05, 0) is 19.1 Å². The van der Waals surface area contributed by atoms with Crippen LogP contribution >= 0.6 is 11.8 Å². The smallest absolute Gasteiger partial charge is 0.328 e. The Labute approximate surface area is 110 Å². The Hall–Kier alpha value is -1.69. The van der Waals surface area contributed by atoms with Crippen molar-refractivity contribution in [2.45, 2.75) is 17.9 Å². The molecule has 5 nitrogen and oxygen atoms in total. The zero-order valence-electron chi connectivity index (χ0n) is 10.2. The summed E-state index contributed by atoms with van der Waals surface area (Å²) in [6.45, 7) is 1.55. The maximum atomic E-state index is 11.5. The molecule has 1 rings (SSSR count). The molecule has 18 heavy (non-hydrogen) atoms. The van der Waals surface area contributed by atoms with E-state index < -0.39 is 12.0 Å². The van der Waals surface area contributed by atoms with E-state index in [0.29, 0.717) is 4.90 Å². The molecule has 2 N–H and O–H groups in total. The average Bonchev–Trinajstić information content (AvgIpc) is 2.36. The highest BCUT2D eigenvalue weighted by Gasteiger charge is 2.15. The molecule has 1 amide bonds. The molecule has 0 fully saturated rings. The fourth-order valence-electron chi connectivity index (χ4n) is 1.24. The van der Waals surface area contributed by atoms with Gasteiger partial charge in [-0.25, -0.2) is 4.79 Å². The Kier molecular flexibility index (Phi) is 5.51. The minimum Gasteiger partial charge on any atom is -0.507 e. The SMILES string of the molecule is COC(=O)C(C)NC(=O)CSc1ccccc1O. The third-order valence-corrected chi connectivity index (χ3v) is 3.22. The van der Waals surface area contributed by atoms with Gasteiger partial charge in [-0.1, -0.05) is 12.1 Å². The van der Waals surface area contributed by atoms with E-state index in [1.807, 2.05) is 0 Å². The van der Waals surface area contributed by atoms with Crippen LogP contribution in [0.2, 0.25) is 0 Å². The quantitative estimate of drug-likeness (QED) is 0.620. The number of methoxy groups -OCH3 is 1. The number of para-hydroxylation sites is 1.